The van der Waals surface area contributed by atoms with Gasteiger partial charge in [0.05, 0.1) is 5.56 Å². The fourth-order valence-corrected chi connectivity index (χ4v) is 3.17. The van der Waals surface area contributed by atoms with E-state index in [1.807, 2.05) is 13.8 Å². The first-order chi connectivity index (χ1) is 12.3. The lowest BCUT2D eigenvalue weighted by Gasteiger charge is -2.21. The van der Waals surface area contributed by atoms with Gasteiger partial charge in [0.25, 0.3) is 5.91 Å². The van der Waals surface area contributed by atoms with Crippen LogP contribution >= 0.6 is 31.9 Å². The van der Waals surface area contributed by atoms with Crippen LogP contribution in [0.4, 0.5) is 4.39 Å². The van der Waals surface area contributed by atoms with E-state index in [2.05, 4.69) is 37.2 Å². The van der Waals surface area contributed by atoms with Crippen molar-refractivity contribution >= 4 is 43.7 Å². The minimum absolute atomic E-state index is 0.0200. The smallest absolute Gasteiger partial charge is 0.329 e. The van der Waals surface area contributed by atoms with Crippen molar-refractivity contribution in [2.45, 2.75) is 26.5 Å². The van der Waals surface area contributed by atoms with E-state index in [4.69, 9.17) is 4.74 Å². The third kappa shape index (κ3) is 5.38. The van der Waals surface area contributed by atoms with Gasteiger partial charge >= 0.3 is 5.97 Å². The second kappa shape index (κ2) is 9.28. The Labute approximate surface area is 168 Å². The molecule has 1 amide bonds. The minimum Gasteiger partial charge on any atom is -0.459 e. The summed E-state index contributed by atoms with van der Waals surface area (Å²) in [6, 6.07) is 10.3. The Kier molecular flexibility index (Phi) is 7.34. The molecule has 138 valence electrons. The lowest BCUT2D eigenvalue weighted by Crippen LogP contribution is -2.45. The molecule has 0 unspecified atom stereocenters. The molecule has 0 saturated carbocycles. The van der Waals surface area contributed by atoms with Crippen LogP contribution in [0.15, 0.2) is 51.4 Å². The second-order valence-electron chi connectivity index (χ2n) is 6.02. The molecule has 2 aromatic rings. The fourth-order valence-electron chi connectivity index (χ4n) is 2.24. The quantitative estimate of drug-likeness (QED) is 0.594. The Morgan fingerprint density at radius 2 is 1.81 bits per heavy atom. The number of halogens is 3. The van der Waals surface area contributed by atoms with Crippen LogP contribution in [0.1, 0.15) is 29.8 Å². The molecule has 0 aliphatic rings. The lowest BCUT2D eigenvalue weighted by molar-refractivity contribution is -0.148. The molecule has 4 nitrogen and oxygen atoms in total. The van der Waals surface area contributed by atoms with E-state index < -0.39 is 12.0 Å². The standard InChI is InChI=1S/C19H18Br2FNO3/c1-11(2)17(23-18(24)14-5-3-4-6-15(14)20)19(25)26-10-12-7-8-13(22)9-16(12)21/h3-9,11,17H,10H2,1-2H3,(H,23,24)/t17-/m0/s1. The summed E-state index contributed by atoms with van der Waals surface area (Å²) in [5.74, 6) is -1.45. The van der Waals surface area contributed by atoms with Crippen LogP contribution in [0, 0.1) is 11.7 Å². The van der Waals surface area contributed by atoms with E-state index in [0.29, 0.717) is 20.1 Å². The van der Waals surface area contributed by atoms with Crippen molar-refractivity contribution < 1.29 is 18.7 Å². The van der Waals surface area contributed by atoms with E-state index in [-0.39, 0.29) is 24.2 Å². The molecule has 1 atom stereocenters. The average Bonchev–Trinajstić information content (AvgIpc) is 2.58. The number of hydrogen-bond acceptors (Lipinski definition) is 3. The zero-order chi connectivity index (χ0) is 19.3. The molecule has 1 N–H and O–H groups in total. The zero-order valence-corrected chi connectivity index (χ0v) is 17.4. The van der Waals surface area contributed by atoms with E-state index in [0.717, 1.165) is 0 Å². The lowest BCUT2D eigenvalue weighted by atomic mass is 10.0. The molecule has 0 aliphatic heterocycles. The highest BCUT2D eigenvalue weighted by Crippen LogP contribution is 2.20. The second-order valence-corrected chi connectivity index (χ2v) is 7.73. The highest BCUT2D eigenvalue weighted by Gasteiger charge is 2.27. The molecular formula is C19H18Br2FNO3. The summed E-state index contributed by atoms with van der Waals surface area (Å²) in [4.78, 5) is 24.9. The maximum atomic E-state index is 13.1. The van der Waals surface area contributed by atoms with Crippen molar-refractivity contribution in [3.63, 3.8) is 0 Å². The number of esters is 1. The Hall–Kier alpha value is -1.73. The number of benzene rings is 2. The van der Waals surface area contributed by atoms with E-state index in [9.17, 15) is 14.0 Å². The molecule has 26 heavy (non-hydrogen) atoms. The van der Waals surface area contributed by atoms with Gasteiger partial charge in [-0.2, -0.15) is 0 Å². The van der Waals surface area contributed by atoms with Crippen LogP contribution in [0.5, 0.6) is 0 Å². The highest BCUT2D eigenvalue weighted by atomic mass is 79.9. The Morgan fingerprint density at radius 1 is 1.12 bits per heavy atom. The molecule has 7 heteroatoms. The van der Waals surface area contributed by atoms with E-state index >= 15 is 0 Å². The van der Waals surface area contributed by atoms with Gasteiger partial charge in [-0.1, -0.05) is 48.0 Å². The highest BCUT2D eigenvalue weighted by molar-refractivity contribution is 9.10. The van der Waals surface area contributed by atoms with Gasteiger partial charge in [0.1, 0.15) is 18.5 Å². The van der Waals surface area contributed by atoms with Crippen molar-refractivity contribution in [2.75, 3.05) is 0 Å². The molecule has 0 aromatic heterocycles. The molecule has 0 bridgehead atoms. The first-order valence-electron chi connectivity index (χ1n) is 7.95. The Bertz CT molecular complexity index is 811. The maximum Gasteiger partial charge on any atom is 0.329 e. The molecule has 0 heterocycles. The number of rotatable bonds is 6. The van der Waals surface area contributed by atoms with Crippen LogP contribution in [-0.2, 0) is 16.1 Å². The van der Waals surface area contributed by atoms with Crippen LogP contribution in [-0.4, -0.2) is 17.9 Å². The fraction of sp³-hybridized carbons (Fsp3) is 0.263. The predicted molar refractivity (Wildman–Crippen MR) is 104 cm³/mol. The number of ether oxygens (including phenoxy) is 1. The summed E-state index contributed by atoms with van der Waals surface area (Å²) >= 11 is 6.56. The van der Waals surface area contributed by atoms with Gasteiger partial charge in [-0.25, -0.2) is 9.18 Å². The van der Waals surface area contributed by atoms with Crippen molar-refractivity contribution in [3.05, 3.63) is 68.4 Å². The van der Waals surface area contributed by atoms with Gasteiger partial charge < -0.3 is 10.1 Å². The summed E-state index contributed by atoms with van der Waals surface area (Å²) in [5, 5.41) is 2.72. The monoisotopic (exact) mass is 485 g/mol. The van der Waals surface area contributed by atoms with Crippen LogP contribution < -0.4 is 5.32 Å². The van der Waals surface area contributed by atoms with Gasteiger partial charge in [-0.05, 0) is 46.1 Å². The molecule has 0 saturated heterocycles. The van der Waals surface area contributed by atoms with Crippen molar-refractivity contribution in [2.24, 2.45) is 5.92 Å². The molecule has 0 spiro atoms. The summed E-state index contributed by atoms with van der Waals surface area (Å²) in [5.41, 5.74) is 1.08. The summed E-state index contributed by atoms with van der Waals surface area (Å²) in [6.07, 6.45) is 0. The topological polar surface area (TPSA) is 55.4 Å². The summed E-state index contributed by atoms with van der Waals surface area (Å²) in [6.45, 7) is 3.62. The largest absolute Gasteiger partial charge is 0.459 e. The van der Waals surface area contributed by atoms with Crippen molar-refractivity contribution in [1.29, 1.82) is 0 Å². The molecule has 0 aliphatic carbocycles. The van der Waals surface area contributed by atoms with Gasteiger partial charge in [0.2, 0.25) is 0 Å². The number of carbonyl (C=O) groups is 2. The van der Waals surface area contributed by atoms with Crippen LogP contribution in [0.2, 0.25) is 0 Å². The Morgan fingerprint density at radius 3 is 2.42 bits per heavy atom. The third-order valence-electron chi connectivity index (χ3n) is 3.71. The Balaban J connectivity index is 2.05. The van der Waals surface area contributed by atoms with Gasteiger partial charge in [0.15, 0.2) is 0 Å². The van der Waals surface area contributed by atoms with E-state index in [1.165, 1.54) is 18.2 Å². The molecule has 0 fully saturated rings. The number of carbonyl (C=O) groups excluding carboxylic acids is 2. The normalized spacial score (nSPS) is 11.9. The number of hydrogen-bond donors (Lipinski definition) is 1. The molecule has 2 rings (SSSR count). The number of amides is 1. The van der Waals surface area contributed by atoms with Crippen molar-refractivity contribution in [3.8, 4) is 0 Å². The summed E-state index contributed by atoms with van der Waals surface area (Å²) in [7, 11) is 0. The van der Waals surface area contributed by atoms with Crippen molar-refractivity contribution in [1.82, 2.24) is 5.32 Å². The van der Waals surface area contributed by atoms with Gasteiger partial charge in [-0.15, -0.1) is 0 Å². The predicted octanol–water partition coefficient (Wildman–Crippen LogP) is 4.85. The molecular weight excluding hydrogens is 469 g/mol. The number of nitrogens with one attached hydrogen (secondary N) is 1. The summed E-state index contributed by atoms with van der Waals surface area (Å²) < 4.78 is 19.6. The molecule has 2 aromatic carbocycles. The van der Waals surface area contributed by atoms with Crippen LogP contribution in [0.3, 0.4) is 0 Å². The van der Waals surface area contributed by atoms with Gasteiger partial charge in [-0.3, -0.25) is 4.79 Å². The first-order valence-corrected chi connectivity index (χ1v) is 9.54. The van der Waals surface area contributed by atoms with Gasteiger partial charge in [0, 0.05) is 14.5 Å². The average molecular weight is 487 g/mol. The van der Waals surface area contributed by atoms with Crippen LogP contribution in [0.25, 0.3) is 0 Å². The molecule has 0 radical (unpaired) electrons. The maximum absolute atomic E-state index is 13.1. The zero-order valence-electron chi connectivity index (χ0n) is 14.3. The van der Waals surface area contributed by atoms with E-state index in [1.54, 1.807) is 24.3 Å². The first kappa shape index (κ1) is 20.6. The minimum atomic E-state index is -0.797. The SMILES string of the molecule is CC(C)[C@H](NC(=O)c1ccccc1Br)C(=O)OCc1ccc(F)cc1Br. The third-order valence-corrected chi connectivity index (χ3v) is 5.14.